The molecule has 0 spiro atoms. The van der Waals surface area contributed by atoms with Crippen molar-refractivity contribution >= 4 is 11.7 Å². The lowest BCUT2D eigenvalue weighted by molar-refractivity contribution is -0.330. The van der Waals surface area contributed by atoms with Crippen LogP contribution in [0, 0.1) is 0 Å². The van der Waals surface area contributed by atoms with Crippen LogP contribution in [0.1, 0.15) is 50.1 Å². The predicted molar refractivity (Wildman–Crippen MR) is 194 cm³/mol. The number of nitrogens with zero attached hydrogens (tertiary/aromatic N) is 5. The van der Waals surface area contributed by atoms with Gasteiger partial charge in [0.15, 0.2) is 6.29 Å². The molecule has 1 aromatic heterocycles. The predicted octanol–water partition coefficient (Wildman–Crippen LogP) is 6.07. The lowest BCUT2D eigenvalue weighted by atomic mass is 9.96. The van der Waals surface area contributed by atoms with Crippen LogP contribution in [0.2, 0.25) is 0 Å². The van der Waals surface area contributed by atoms with Gasteiger partial charge in [-0.3, -0.25) is 9.36 Å². The number of carbonyl (C=O) groups is 1. The molecule has 14 heteroatoms. The maximum Gasteiger partial charge on any atom is 0.351 e. The zero-order valence-corrected chi connectivity index (χ0v) is 29.8. The van der Waals surface area contributed by atoms with E-state index < -0.39 is 60.9 Å². The van der Waals surface area contributed by atoms with Crippen LogP contribution in [-0.2, 0) is 53.0 Å². The number of aromatic nitrogens is 2. The molecule has 0 unspecified atom stereocenters. The molecular formula is C39H44N6O8. The smallest absolute Gasteiger partial charge is 0.351 e. The number of ether oxygens (including phenoxy) is 6. The fourth-order valence-corrected chi connectivity index (χ4v) is 6.59. The lowest BCUT2D eigenvalue weighted by Crippen LogP contribution is -2.61. The highest BCUT2D eigenvalue weighted by Crippen LogP contribution is 2.36. The number of nitrogens with one attached hydrogen (secondary N) is 1. The lowest BCUT2D eigenvalue weighted by Gasteiger charge is -2.47. The van der Waals surface area contributed by atoms with Gasteiger partial charge in [-0.05, 0) is 42.1 Å². The van der Waals surface area contributed by atoms with E-state index in [4.69, 9.17) is 28.4 Å². The fourth-order valence-electron chi connectivity index (χ4n) is 6.59. The van der Waals surface area contributed by atoms with Crippen LogP contribution < -0.4 is 11.0 Å². The van der Waals surface area contributed by atoms with Crippen LogP contribution in [0.25, 0.3) is 10.4 Å². The number of benzene rings is 3. The van der Waals surface area contributed by atoms with Gasteiger partial charge in [0.05, 0.1) is 44.2 Å². The van der Waals surface area contributed by atoms with Crippen molar-refractivity contribution < 1.29 is 33.2 Å². The second-order valence-corrected chi connectivity index (χ2v) is 13.1. The molecule has 2 aliphatic heterocycles. The van der Waals surface area contributed by atoms with E-state index in [0.29, 0.717) is 0 Å². The number of anilines is 1. The van der Waals surface area contributed by atoms with E-state index in [9.17, 15) is 15.1 Å². The number of hydrogen-bond acceptors (Lipinski definition) is 10. The van der Waals surface area contributed by atoms with Crippen molar-refractivity contribution in [2.45, 2.75) is 102 Å². The Bertz CT molecular complexity index is 1880. The molecule has 1 amide bonds. The third-order valence-electron chi connectivity index (χ3n) is 9.19. The molecule has 4 aromatic rings. The first-order valence-corrected chi connectivity index (χ1v) is 17.6. The second kappa shape index (κ2) is 18.2. The minimum atomic E-state index is -0.989. The molecule has 9 atom stereocenters. The number of amides is 1. The molecule has 0 aliphatic carbocycles. The highest BCUT2D eigenvalue weighted by Gasteiger charge is 2.49. The van der Waals surface area contributed by atoms with Gasteiger partial charge in [0.25, 0.3) is 0 Å². The second-order valence-electron chi connectivity index (χ2n) is 13.1. The van der Waals surface area contributed by atoms with Crippen molar-refractivity contribution in [1.29, 1.82) is 0 Å². The van der Waals surface area contributed by atoms with Crippen molar-refractivity contribution in [3.05, 3.63) is 141 Å². The Labute approximate surface area is 307 Å². The summed E-state index contributed by atoms with van der Waals surface area (Å²) in [6.07, 6.45) is -4.03. The van der Waals surface area contributed by atoms with E-state index in [1.807, 2.05) is 105 Å². The van der Waals surface area contributed by atoms with Gasteiger partial charge in [-0.2, -0.15) is 4.98 Å². The summed E-state index contributed by atoms with van der Waals surface area (Å²) in [5, 5.41) is 6.63. The van der Waals surface area contributed by atoms with E-state index in [0.717, 1.165) is 16.7 Å². The van der Waals surface area contributed by atoms with Crippen LogP contribution in [0.5, 0.6) is 0 Å². The first-order valence-electron chi connectivity index (χ1n) is 17.6. The summed E-state index contributed by atoms with van der Waals surface area (Å²) in [6.45, 7) is 5.73. The molecule has 3 heterocycles. The van der Waals surface area contributed by atoms with Crippen LogP contribution in [0.4, 0.5) is 5.82 Å². The summed E-state index contributed by atoms with van der Waals surface area (Å²) in [5.41, 5.74) is 11.8. The average Bonchev–Trinajstić information content (AvgIpc) is 3.16. The molecule has 53 heavy (non-hydrogen) atoms. The monoisotopic (exact) mass is 724 g/mol. The maximum absolute atomic E-state index is 13.1. The third-order valence-corrected chi connectivity index (χ3v) is 9.19. The molecular weight excluding hydrogens is 680 g/mol. The molecule has 6 rings (SSSR count). The Balaban J connectivity index is 1.29. The van der Waals surface area contributed by atoms with Crippen molar-refractivity contribution in [1.82, 2.24) is 9.55 Å². The zero-order valence-electron chi connectivity index (χ0n) is 29.8. The van der Waals surface area contributed by atoms with Crippen molar-refractivity contribution in [2.75, 3.05) is 5.32 Å². The molecule has 3 aromatic carbocycles. The van der Waals surface area contributed by atoms with Gasteiger partial charge in [-0.1, -0.05) is 96.1 Å². The summed E-state index contributed by atoms with van der Waals surface area (Å²) in [4.78, 5) is 31.8. The topological polar surface area (TPSA) is 168 Å². The summed E-state index contributed by atoms with van der Waals surface area (Å²) in [5.74, 6) is -0.191. The molecule has 2 aliphatic rings. The fraction of sp³-hybridized carbons (Fsp3) is 0.410. The van der Waals surface area contributed by atoms with E-state index >= 15 is 0 Å². The highest BCUT2D eigenvalue weighted by atomic mass is 16.7. The van der Waals surface area contributed by atoms with Crippen LogP contribution >= 0.6 is 0 Å². The van der Waals surface area contributed by atoms with Crippen LogP contribution in [0.15, 0.2) is 113 Å². The van der Waals surface area contributed by atoms with E-state index in [1.165, 1.54) is 17.7 Å². The largest absolute Gasteiger partial charge is 0.371 e. The van der Waals surface area contributed by atoms with E-state index in [1.54, 1.807) is 6.07 Å². The summed E-state index contributed by atoms with van der Waals surface area (Å²) in [7, 11) is 0. The quantitative estimate of drug-likeness (QED) is 0.0921. The summed E-state index contributed by atoms with van der Waals surface area (Å²) < 4.78 is 40.8. The molecule has 14 nitrogen and oxygen atoms in total. The Morgan fingerprint density at radius 1 is 0.830 bits per heavy atom. The standard InChI is InChI=1S/C39H44N6O8/c1-25-34(43-44-40)36(49-23-29-15-9-5-10-16-29)37(50-24-30-17-11-6-12-18-30)38(52-25)53-35-26(2)51-33(21-31(35)48-22-28-13-7-4-8-14-28)45-20-19-32(41-27(3)46)42-39(45)47/h4-20,25-26,31,33-38H,21-24H2,1-3H3,(H,41,42,46,47)/t25-,26-,31-,33-,34-,35-,36+,37-,38-/m1/s1. The molecule has 0 radical (unpaired) electrons. The normalized spacial score (nSPS) is 27.0. The van der Waals surface area contributed by atoms with Crippen LogP contribution in [-0.4, -0.2) is 64.4 Å². The van der Waals surface area contributed by atoms with Gasteiger partial charge in [0.2, 0.25) is 5.91 Å². The molecule has 278 valence electrons. The third kappa shape index (κ3) is 9.95. The van der Waals surface area contributed by atoms with Gasteiger partial charge in [0.1, 0.15) is 30.4 Å². The number of rotatable bonds is 14. The number of carbonyl (C=O) groups excluding carboxylic acids is 1. The van der Waals surface area contributed by atoms with E-state index in [-0.39, 0.29) is 38.0 Å². The molecule has 1 N–H and O–H groups in total. The molecule has 2 fully saturated rings. The maximum atomic E-state index is 13.1. The van der Waals surface area contributed by atoms with E-state index in [2.05, 4.69) is 20.3 Å². The number of hydrogen-bond donors (Lipinski definition) is 1. The Hall–Kier alpha value is -4.92. The summed E-state index contributed by atoms with van der Waals surface area (Å²) in [6, 6.07) is 30.0. The zero-order chi connectivity index (χ0) is 37.2. The molecule has 0 saturated carbocycles. The average molecular weight is 725 g/mol. The Morgan fingerprint density at radius 2 is 1.40 bits per heavy atom. The van der Waals surface area contributed by atoms with Gasteiger partial charge < -0.3 is 33.7 Å². The van der Waals surface area contributed by atoms with Crippen molar-refractivity contribution in [3.8, 4) is 0 Å². The van der Waals surface area contributed by atoms with Crippen molar-refractivity contribution in [2.24, 2.45) is 5.11 Å². The van der Waals surface area contributed by atoms with Gasteiger partial charge in [-0.15, -0.1) is 0 Å². The minimum Gasteiger partial charge on any atom is -0.371 e. The van der Waals surface area contributed by atoms with Crippen LogP contribution in [0.3, 0.4) is 0 Å². The first-order chi connectivity index (χ1) is 25.8. The Kier molecular flexibility index (Phi) is 13.0. The van der Waals surface area contributed by atoms with Gasteiger partial charge in [0, 0.05) is 24.5 Å². The minimum absolute atomic E-state index is 0.147. The molecule has 2 saturated heterocycles. The molecule has 0 bridgehead atoms. The summed E-state index contributed by atoms with van der Waals surface area (Å²) >= 11 is 0. The van der Waals surface area contributed by atoms with Gasteiger partial charge >= 0.3 is 5.69 Å². The SMILES string of the molecule is CC(=O)Nc1ccn([C@H]2C[C@@H](OCc3ccccc3)[C@H](O[C@H]3O[C@H](C)[C@@H](N=[N+]=[N-])[C@H](OCc4ccccc4)[C@H]3OCc3ccccc3)[C@@H](C)O2)c(=O)n1. The van der Waals surface area contributed by atoms with Crippen molar-refractivity contribution in [3.63, 3.8) is 0 Å². The Morgan fingerprint density at radius 3 is 1.94 bits per heavy atom. The van der Waals surface area contributed by atoms with Gasteiger partial charge in [-0.25, -0.2) is 4.79 Å². The highest BCUT2D eigenvalue weighted by molar-refractivity contribution is 5.87. The first kappa shape index (κ1) is 37.8. The number of azide groups is 1.